The topological polar surface area (TPSA) is 60.0 Å². The van der Waals surface area contributed by atoms with Crippen molar-refractivity contribution in [2.45, 2.75) is 12.0 Å². The third kappa shape index (κ3) is 4.38. The molecule has 1 atom stereocenters. The maximum Gasteiger partial charge on any atom is 0.119 e. The van der Waals surface area contributed by atoms with Crippen LogP contribution in [0.1, 0.15) is 6.42 Å². The first kappa shape index (κ1) is 14.1. The predicted octanol–water partition coefficient (Wildman–Crippen LogP) is 0.815. The van der Waals surface area contributed by atoms with Gasteiger partial charge in [-0.1, -0.05) is 0 Å². The van der Waals surface area contributed by atoms with Gasteiger partial charge in [-0.05, 0) is 24.3 Å². The molecular weight excluding hydrogens is 246 g/mol. The molecule has 0 aromatic heterocycles. The van der Waals surface area contributed by atoms with Gasteiger partial charge in [-0.25, -0.2) is 0 Å². The van der Waals surface area contributed by atoms with Crippen molar-refractivity contribution in [3.05, 3.63) is 24.3 Å². The molecule has 0 saturated carbocycles. The fraction of sp³-hybridized carbons (Fsp3) is 0.571. The summed E-state index contributed by atoms with van der Waals surface area (Å²) in [6, 6.07) is 7.47. The van der Waals surface area contributed by atoms with Gasteiger partial charge < -0.3 is 24.6 Å². The highest BCUT2D eigenvalue weighted by atomic mass is 16.5. The lowest BCUT2D eigenvalue weighted by atomic mass is 10.0. The van der Waals surface area contributed by atoms with Crippen molar-refractivity contribution < 1.29 is 19.3 Å². The molecule has 2 rings (SSSR count). The fourth-order valence-electron chi connectivity index (χ4n) is 1.97. The zero-order valence-electron chi connectivity index (χ0n) is 11.2. The smallest absolute Gasteiger partial charge is 0.119 e. The number of hydrogen-bond acceptors (Lipinski definition) is 5. The van der Waals surface area contributed by atoms with E-state index in [1.165, 1.54) is 0 Å². The van der Waals surface area contributed by atoms with E-state index < -0.39 is 5.60 Å². The molecule has 0 aliphatic carbocycles. The molecule has 1 unspecified atom stereocenters. The number of aliphatic hydroxyl groups is 1. The third-order valence-corrected chi connectivity index (χ3v) is 3.14. The van der Waals surface area contributed by atoms with Crippen LogP contribution in [0.2, 0.25) is 0 Å². The quantitative estimate of drug-likeness (QED) is 0.716. The summed E-state index contributed by atoms with van der Waals surface area (Å²) in [6.45, 7) is 2.84. The van der Waals surface area contributed by atoms with Crippen LogP contribution in [0.5, 0.6) is 11.5 Å². The molecule has 5 nitrogen and oxygen atoms in total. The molecular formula is C14H21NO4. The van der Waals surface area contributed by atoms with Gasteiger partial charge in [0.15, 0.2) is 0 Å². The Balaban J connectivity index is 1.61. The average molecular weight is 267 g/mol. The van der Waals surface area contributed by atoms with Crippen molar-refractivity contribution in [3.63, 3.8) is 0 Å². The van der Waals surface area contributed by atoms with E-state index in [1.807, 2.05) is 24.3 Å². The van der Waals surface area contributed by atoms with Crippen LogP contribution in [0.25, 0.3) is 0 Å². The van der Waals surface area contributed by atoms with Crippen molar-refractivity contribution in [1.29, 1.82) is 0 Å². The second-order valence-electron chi connectivity index (χ2n) is 4.73. The van der Waals surface area contributed by atoms with E-state index >= 15 is 0 Å². The standard InChI is InChI=1S/C14H21NO4/c1-17-12-2-4-13(5-3-12)19-9-7-15-10-14(16)6-8-18-11-14/h2-5,15-16H,6-11H2,1H3. The number of rotatable bonds is 7. The minimum absolute atomic E-state index is 0.416. The third-order valence-electron chi connectivity index (χ3n) is 3.14. The van der Waals surface area contributed by atoms with Gasteiger partial charge in [0.2, 0.25) is 0 Å². The summed E-state index contributed by atoms with van der Waals surface area (Å²) >= 11 is 0. The van der Waals surface area contributed by atoms with Crippen LogP contribution < -0.4 is 14.8 Å². The normalized spacial score (nSPS) is 22.4. The minimum atomic E-state index is -0.708. The highest BCUT2D eigenvalue weighted by Crippen LogP contribution is 2.17. The molecule has 0 spiro atoms. The first-order valence-corrected chi connectivity index (χ1v) is 6.50. The summed E-state index contributed by atoms with van der Waals surface area (Å²) in [5.41, 5.74) is -0.708. The lowest BCUT2D eigenvalue weighted by Crippen LogP contribution is -2.42. The van der Waals surface area contributed by atoms with Gasteiger partial charge in [0.1, 0.15) is 23.7 Å². The molecule has 1 saturated heterocycles. The first-order valence-electron chi connectivity index (χ1n) is 6.50. The van der Waals surface area contributed by atoms with Crippen molar-refractivity contribution in [2.75, 3.05) is 40.0 Å². The van der Waals surface area contributed by atoms with Crippen LogP contribution >= 0.6 is 0 Å². The van der Waals surface area contributed by atoms with Crippen LogP contribution in [0.4, 0.5) is 0 Å². The average Bonchev–Trinajstić information content (AvgIpc) is 2.86. The van der Waals surface area contributed by atoms with Crippen molar-refractivity contribution in [3.8, 4) is 11.5 Å². The summed E-state index contributed by atoms with van der Waals surface area (Å²) in [5, 5.41) is 13.2. The zero-order valence-corrected chi connectivity index (χ0v) is 11.2. The molecule has 2 N–H and O–H groups in total. The Morgan fingerprint density at radius 2 is 2.05 bits per heavy atom. The summed E-state index contributed by atoms with van der Waals surface area (Å²) in [7, 11) is 1.64. The van der Waals surface area contributed by atoms with Gasteiger partial charge in [0.25, 0.3) is 0 Å². The Labute approximate surface area is 113 Å². The van der Waals surface area contributed by atoms with Crippen LogP contribution in [0.15, 0.2) is 24.3 Å². The summed E-state index contributed by atoms with van der Waals surface area (Å²) in [6.07, 6.45) is 0.694. The number of nitrogens with one attached hydrogen (secondary N) is 1. The second kappa shape index (κ2) is 6.75. The molecule has 0 radical (unpaired) electrons. The molecule has 1 aromatic rings. The first-order chi connectivity index (χ1) is 9.22. The fourth-order valence-corrected chi connectivity index (χ4v) is 1.97. The Kier molecular flexibility index (Phi) is 5.01. The summed E-state index contributed by atoms with van der Waals surface area (Å²) in [4.78, 5) is 0. The molecule has 0 bridgehead atoms. The van der Waals surface area contributed by atoms with E-state index in [4.69, 9.17) is 14.2 Å². The van der Waals surface area contributed by atoms with Crippen LogP contribution in [0, 0.1) is 0 Å². The zero-order chi connectivity index (χ0) is 13.6. The van der Waals surface area contributed by atoms with Gasteiger partial charge in [-0.15, -0.1) is 0 Å². The lowest BCUT2D eigenvalue weighted by Gasteiger charge is -2.20. The molecule has 0 amide bonds. The van der Waals surface area contributed by atoms with Crippen molar-refractivity contribution >= 4 is 0 Å². The molecule has 5 heteroatoms. The maximum absolute atomic E-state index is 10.0. The molecule has 1 aliphatic heterocycles. The van der Waals surface area contributed by atoms with E-state index in [0.717, 1.165) is 11.5 Å². The summed E-state index contributed by atoms with van der Waals surface area (Å²) < 4.78 is 15.8. The molecule has 1 fully saturated rings. The highest BCUT2D eigenvalue weighted by Gasteiger charge is 2.31. The van der Waals surface area contributed by atoms with Crippen LogP contribution in [-0.4, -0.2) is 50.7 Å². The van der Waals surface area contributed by atoms with E-state index in [2.05, 4.69) is 5.32 Å². The summed E-state index contributed by atoms with van der Waals surface area (Å²) in [5.74, 6) is 1.62. The van der Waals surface area contributed by atoms with Gasteiger partial charge in [-0.3, -0.25) is 0 Å². The molecule has 1 aliphatic rings. The largest absolute Gasteiger partial charge is 0.497 e. The van der Waals surface area contributed by atoms with E-state index in [9.17, 15) is 5.11 Å². The van der Waals surface area contributed by atoms with Crippen LogP contribution in [0.3, 0.4) is 0 Å². The Morgan fingerprint density at radius 1 is 1.32 bits per heavy atom. The Bertz CT molecular complexity index is 374. The molecule has 106 valence electrons. The van der Waals surface area contributed by atoms with Crippen molar-refractivity contribution in [2.24, 2.45) is 0 Å². The van der Waals surface area contributed by atoms with Crippen molar-refractivity contribution in [1.82, 2.24) is 5.32 Å². The predicted molar refractivity (Wildman–Crippen MR) is 71.7 cm³/mol. The number of ether oxygens (including phenoxy) is 3. The SMILES string of the molecule is COc1ccc(OCCNCC2(O)CCOC2)cc1. The van der Waals surface area contributed by atoms with Gasteiger partial charge in [0, 0.05) is 26.1 Å². The van der Waals surface area contributed by atoms with E-state index in [1.54, 1.807) is 7.11 Å². The highest BCUT2D eigenvalue weighted by molar-refractivity contribution is 5.31. The maximum atomic E-state index is 10.0. The van der Waals surface area contributed by atoms with E-state index in [-0.39, 0.29) is 0 Å². The molecule has 1 heterocycles. The number of hydrogen-bond donors (Lipinski definition) is 2. The Morgan fingerprint density at radius 3 is 2.68 bits per heavy atom. The Hall–Kier alpha value is -1.30. The number of methoxy groups -OCH3 is 1. The monoisotopic (exact) mass is 267 g/mol. The van der Waals surface area contributed by atoms with Gasteiger partial charge in [-0.2, -0.15) is 0 Å². The molecule has 19 heavy (non-hydrogen) atoms. The molecule has 1 aromatic carbocycles. The lowest BCUT2D eigenvalue weighted by molar-refractivity contribution is 0.0266. The van der Waals surface area contributed by atoms with E-state index in [0.29, 0.717) is 39.3 Å². The van der Waals surface area contributed by atoms with Gasteiger partial charge in [0.05, 0.1) is 13.7 Å². The second-order valence-corrected chi connectivity index (χ2v) is 4.73. The van der Waals surface area contributed by atoms with Gasteiger partial charge >= 0.3 is 0 Å². The van der Waals surface area contributed by atoms with Crippen LogP contribution in [-0.2, 0) is 4.74 Å². The number of benzene rings is 1. The minimum Gasteiger partial charge on any atom is -0.497 e.